The van der Waals surface area contributed by atoms with Crippen LogP contribution >= 0.6 is 0 Å². The van der Waals surface area contributed by atoms with Crippen molar-refractivity contribution in [3.8, 4) is 0 Å². The molecule has 3 rings (SSSR count). The molecule has 0 aliphatic carbocycles. The number of aryl methyl sites for hydroxylation is 1. The van der Waals surface area contributed by atoms with Crippen LogP contribution in [0.4, 0.5) is 22.7 Å². The Morgan fingerprint density at radius 3 is 2.59 bits per heavy atom. The first-order chi connectivity index (χ1) is 8.31. The highest BCUT2D eigenvalue weighted by atomic mass is 15.2. The molecule has 86 valence electrons. The molecule has 0 fully saturated rings. The summed E-state index contributed by atoms with van der Waals surface area (Å²) < 4.78 is 0. The van der Waals surface area contributed by atoms with Gasteiger partial charge in [0.25, 0.3) is 0 Å². The zero-order valence-electron chi connectivity index (χ0n) is 10.2. The van der Waals surface area contributed by atoms with Crippen LogP contribution in [0.3, 0.4) is 0 Å². The van der Waals surface area contributed by atoms with Crippen molar-refractivity contribution in [2.45, 2.75) is 13.8 Å². The summed E-state index contributed by atoms with van der Waals surface area (Å²) in [6.07, 6.45) is 0. The molecule has 1 N–H and O–H groups in total. The topological polar surface area (TPSA) is 15.3 Å². The smallest absolute Gasteiger partial charge is 0.0655 e. The van der Waals surface area contributed by atoms with Crippen molar-refractivity contribution in [3.63, 3.8) is 0 Å². The van der Waals surface area contributed by atoms with E-state index in [1.807, 2.05) is 0 Å². The van der Waals surface area contributed by atoms with Crippen LogP contribution in [0, 0.1) is 6.92 Å². The van der Waals surface area contributed by atoms with Crippen LogP contribution in [-0.4, -0.2) is 6.54 Å². The fourth-order valence-electron chi connectivity index (χ4n) is 2.46. The SMILES string of the molecule is CCN1c2ccccc2Nc2c(C)cccc21. The predicted octanol–water partition coefficient (Wildman–Crippen LogP) is 4.21. The second-order valence-electron chi connectivity index (χ2n) is 4.36. The largest absolute Gasteiger partial charge is 0.352 e. The normalized spacial score (nSPS) is 12.7. The van der Waals surface area contributed by atoms with Crippen molar-refractivity contribution in [2.24, 2.45) is 0 Å². The lowest BCUT2D eigenvalue weighted by molar-refractivity contribution is 1.01. The number of fused-ring (bicyclic) bond motifs is 2. The summed E-state index contributed by atoms with van der Waals surface area (Å²) in [4.78, 5) is 2.36. The van der Waals surface area contributed by atoms with E-state index in [-0.39, 0.29) is 0 Å². The van der Waals surface area contributed by atoms with Gasteiger partial charge in [-0.15, -0.1) is 0 Å². The lowest BCUT2D eigenvalue weighted by Crippen LogP contribution is -2.22. The Bertz CT molecular complexity index is 561. The number of hydrogen-bond acceptors (Lipinski definition) is 2. The van der Waals surface area contributed by atoms with Crippen LogP contribution in [0.1, 0.15) is 12.5 Å². The highest BCUT2D eigenvalue weighted by Gasteiger charge is 2.21. The number of para-hydroxylation sites is 3. The van der Waals surface area contributed by atoms with E-state index < -0.39 is 0 Å². The summed E-state index contributed by atoms with van der Waals surface area (Å²) in [5.41, 5.74) is 6.24. The summed E-state index contributed by atoms with van der Waals surface area (Å²) in [5, 5.41) is 3.53. The Labute approximate surface area is 102 Å². The molecular weight excluding hydrogens is 208 g/mol. The van der Waals surface area contributed by atoms with Crippen molar-refractivity contribution < 1.29 is 0 Å². The third-order valence-electron chi connectivity index (χ3n) is 3.31. The van der Waals surface area contributed by atoms with Gasteiger partial charge in [-0.1, -0.05) is 24.3 Å². The zero-order valence-corrected chi connectivity index (χ0v) is 10.2. The first kappa shape index (κ1) is 10.2. The highest BCUT2D eigenvalue weighted by Crippen LogP contribution is 2.44. The molecule has 0 spiro atoms. The van der Waals surface area contributed by atoms with E-state index in [0.717, 1.165) is 6.54 Å². The molecule has 0 amide bonds. The molecule has 2 aromatic rings. The van der Waals surface area contributed by atoms with Gasteiger partial charge in [0.15, 0.2) is 0 Å². The van der Waals surface area contributed by atoms with Gasteiger partial charge in [0.05, 0.1) is 22.7 Å². The molecule has 0 saturated heterocycles. The van der Waals surface area contributed by atoms with Gasteiger partial charge in [0.1, 0.15) is 0 Å². The maximum Gasteiger partial charge on any atom is 0.0655 e. The Hall–Kier alpha value is -1.96. The molecule has 2 aromatic carbocycles. The van der Waals surface area contributed by atoms with E-state index in [0.29, 0.717) is 0 Å². The van der Waals surface area contributed by atoms with Gasteiger partial charge in [-0.25, -0.2) is 0 Å². The van der Waals surface area contributed by atoms with Gasteiger partial charge in [0, 0.05) is 6.54 Å². The number of benzene rings is 2. The van der Waals surface area contributed by atoms with E-state index in [1.165, 1.54) is 28.3 Å². The fraction of sp³-hybridized carbons (Fsp3) is 0.200. The van der Waals surface area contributed by atoms with Crippen molar-refractivity contribution in [3.05, 3.63) is 48.0 Å². The van der Waals surface area contributed by atoms with Gasteiger partial charge >= 0.3 is 0 Å². The first-order valence-corrected chi connectivity index (χ1v) is 6.04. The van der Waals surface area contributed by atoms with E-state index in [4.69, 9.17) is 0 Å². The summed E-state index contributed by atoms with van der Waals surface area (Å²) in [6, 6.07) is 14.9. The van der Waals surface area contributed by atoms with E-state index in [9.17, 15) is 0 Å². The fourth-order valence-corrected chi connectivity index (χ4v) is 2.46. The maximum atomic E-state index is 3.53. The molecule has 1 heterocycles. The molecule has 0 atom stereocenters. The molecule has 17 heavy (non-hydrogen) atoms. The molecule has 2 heteroatoms. The molecular formula is C15H16N2. The van der Waals surface area contributed by atoms with Gasteiger partial charge in [-0.05, 0) is 37.6 Å². The lowest BCUT2D eigenvalue weighted by atomic mass is 10.1. The second-order valence-corrected chi connectivity index (χ2v) is 4.36. The van der Waals surface area contributed by atoms with Gasteiger partial charge in [-0.2, -0.15) is 0 Å². The summed E-state index contributed by atoms with van der Waals surface area (Å²) in [6.45, 7) is 5.32. The third-order valence-corrected chi connectivity index (χ3v) is 3.31. The quantitative estimate of drug-likeness (QED) is 0.780. The zero-order chi connectivity index (χ0) is 11.8. The van der Waals surface area contributed by atoms with Crippen molar-refractivity contribution in [2.75, 3.05) is 16.8 Å². The van der Waals surface area contributed by atoms with Crippen LogP contribution in [-0.2, 0) is 0 Å². The van der Waals surface area contributed by atoms with Crippen LogP contribution in [0.15, 0.2) is 42.5 Å². The van der Waals surface area contributed by atoms with Crippen molar-refractivity contribution >= 4 is 22.7 Å². The van der Waals surface area contributed by atoms with Gasteiger partial charge < -0.3 is 10.2 Å². The number of rotatable bonds is 1. The molecule has 0 unspecified atom stereocenters. The number of anilines is 4. The van der Waals surface area contributed by atoms with E-state index in [1.54, 1.807) is 0 Å². The molecule has 1 aliphatic rings. The Morgan fingerprint density at radius 2 is 1.76 bits per heavy atom. The van der Waals surface area contributed by atoms with Crippen molar-refractivity contribution in [1.82, 2.24) is 0 Å². The molecule has 0 bridgehead atoms. The Morgan fingerprint density at radius 1 is 1.00 bits per heavy atom. The number of nitrogens with zero attached hydrogens (tertiary/aromatic N) is 1. The van der Waals surface area contributed by atoms with E-state index >= 15 is 0 Å². The molecule has 0 saturated carbocycles. The van der Waals surface area contributed by atoms with Crippen LogP contribution in [0.5, 0.6) is 0 Å². The third kappa shape index (κ3) is 1.48. The van der Waals surface area contributed by atoms with E-state index in [2.05, 4.69) is 66.5 Å². The van der Waals surface area contributed by atoms with Gasteiger partial charge in [0.2, 0.25) is 0 Å². The standard InChI is InChI=1S/C15H16N2/c1-3-17-13-9-5-4-8-12(13)16-15-11(2)7-6-10-14(15)17/h4-10,16H,3H2,1-2H3. The van der Waals surface area contributed by atoms with Gasteiger partial charge in [-0.3, -0.25) is 0 Å². The minimum Gasteiger partial charge on any atom is -0.352 e. The predicted molar refractivity (Wildman–Crippen MR) is 73.6 cm³/mol. The van der Waals surface area contributed by atoms with Crippen LogP contribution < -0.4 is 10.2 Å². The average molecular weight is 224 g/mol. The average Bonchev–Trinajstić information content (AvgIpc) is 2.37. The summed E-state index contributed by atoms with van der Waals surface area (Å²) in [5.74, 6) is 0. The second kappa shape index (κ2) is 3.81. The minimum absolute atomic E-state index is 0.981. The molecule has 0 aromatic heterocycles. The highest BCUT2D eigenvalue weighted by molar-refractivity contribution is 5.92. The van der Waals surface area contributed by atoms with Crippen LogP contribution in [0.25, 0.3) is 0 Å². The Kier molecular flexibility index (Phi) is 2.29. The molecule has 0 radical (unpaired) electrons. The van der Waals surface area contributed by atoms with Crippen LogP contribution in [0.2, 0.25) is 0 Å². The maximum absolute atomic E-state index is 3.53. The Balaban J connectivity index is 2.22. The monoisotopic (exact) mass is 224 g/mol. The number of hydrogen-bond donors (Lipinski definition) is 1. The summed E-state index contributed by atoms with van der Waals surface area (Å²) >= 11 is 0. The number of nitrogens with one attached hydrogen (secondary N) is 1. The lowest BCUT2D eigenvalue weighted by Gasteiger charge is -2.33. The molecule has 2 nitrogen and oxygen atoms in total. The molecule has 1 aliphatic heterocycles. The first-order valence-electron chi connectivity index (χ1n) is 6.04. The minimum atomic E-state index is 0.981. The summed E-state index contributed by atoms with van der Waals surface area (Å²) in [7, 11) is 0. The van der Waals surface area contributed by atoms with Crippen molar-refractivity contribution in [1.29, 1.82) is 0 Å².